The highest BCUT2D eigenvalue weighted by Crippen LogP contribution is 2.27. The van der Waals surface area contributed by atoms with Crippen LogP contribution in [-0.4, -0.2) is 26.2 Å². The Bertz CT molecular complexity index is 1160. The summed E-state index contributed by atoms with van der Waals surface area (Å²) in [6, 6.07) is 17.5. The van der Waals surface area contributed by atoms with Crippen molar-refractivity contribution in [3.63, 3.8) is 0 Å². The minimum atomic E-state index is -0.148. The molecule has 0 bridgehead atoms. The maximum Gasteiger partial charge on any atom is 0.280 e. The minimum Gasteiger partial charge on any atom is -0.295 e. The van der Waals surface area contributed by atoms with Gasteiger partial charge in [0.1, 0.15) is 5.01 Å². The second kappa shape index (κ2) is 7.57. The highest BCUT2D eigenvalue weighted by Gasteiger charge is 2.11. The zero-order chi connectivity index (χ0) is 18.8. The Morgan fingerprint density at radius 1 is 1.11 bits per heavy atom. The number of aromatic amines is 1. The number of halogens is 1. The quantitative estimate of drug-likeness (QED) is 0.344. The van der Waals surface area contributed by atoms with Crippen molar-refractivity contribution in [2.75, 3.05) is 0 Å². The van der Waals surface area contributed by atoms with E-state index in [0.29, 0.717) is 10.7 Å². The van der Waals surface area contributed by atoms with Gasteiger partial charge in [0.15, 0.2) is 0 Å². The molecule has 0 saturated carbocycles. The van der Waals surface area contributed by atoms with Crippen LogP contribution in [0, 0.1) is 10.5 Å². The molecule has 0 unspecified atom stereocenters. The topological polar surface area (TPSA) is 75.9 Å². The molecule has 0 radical (unpaired) electrons. The van der Waals surface area contributed by atoms with Gasteiger partial charge in [-0.1, -0.05) is 41.7 Å². The number of H-pyrrole nitrogens is 1. The number of nitrogens with one attached hydrogen (secondary N) is 1. The number of aliphatic imine (C=N–C) groups is 1. The van der Waals surface area contributed by atoms with Crippen LogP contribution in [0.5, 0.6) is 0 Å². The van der Waals surface area contributed by atoms with Gasteiger partial charge in [-0.05, 0) is 53.8 Å². The summed E-state index contributed by atoms with van der Waals surface area (Å²) in [6.45, 7) is 1.85. The Labute approximate surface area is 172 Å². The van der Waals surface area contributed by atoms with Crippen LogP contribution in [0.25, 0.3) is 16.3 Å². The van der Waals surface area contributed by atoms with Crippen LogP contribution >= 0.6 is 33.9 Å². The van der Waals surface area contributed by atoms with Gasteiger partial charge in [-0.25, -0.2) is 9.67 Å². The number of rotatable bonds is 4. The fourth-order valence-corrected chi connectivity index (χ4v) is 3.62. The third-order valence-corrected chi connectivity index (χ3v) is 5.54. The molecule has 0 saturated heterocycles. The second-order valence-corrected chi connectivity index (χ2v) is 7.98. The summed E-state index contributed by atoms with van der Waals surface area (Å²) in [5, 5.41) is 12.7. The van der Waals surface area contributed by atoms with Crippen molar-refractivity contribution in [2.45, 2.75) is 6.92 Å². The summed E-state index contributed by atoms with van der Waals surface area (Å²) in [5.74, 6) is 0. The Hall–Kier alpha value is -2.59. The first-order chi connectivity index (χ1) is 13.1. The molecule has 4 aromatic rings. The maximum atomic E-state index is 12.7. The average Bonchev–Trinajstić information content (AvgIpc) is 3.27. The smallest absolute Gasteiger partial charge is 0.280 e. The fraction of sp³-hybridized carbons (Fsp3) is 0.0526. The summed E-state index contributed by atoms with van der Waals surface area (Å²) < 4.78 is 2.63. The van der Waals surface area contributed by atoms with Crippen LogP contribution in [0.1, 0.15) is 11.3 Å². The maximum absolute atomic E-state index is 12.7. The highest BCUT2D eigenvalue weighted by molar-refractivity contribution is 14.1. The lowest BCUT2D eigenvalue weighted by atomic mass is 10.2. The average molecular weight is 487 g/mol. The molecule has 0 atom stereocenters. The van der Waals surface area contributed by atoms with Gasteiger partial charge in [-0.3, -0.25) is 9.89 Å². The number of aryl methyl sites for hydroxylation is 1. The largest absolute Gasteiger partial charge is 0.295 e. The molecule has 1 N–H and O–H groups in total. The Balaban J connectivity index is 1.63. The molecule has 0 aliphatic carbocycles. The first kappa shape index (κ1) is 17.8. The van der Waals surface area contributed by atoms with Crippen molar-refractivity contribution in [3.8, 4) is 16.3 Å². The molecule has 4 rings (SSSR count). The van der Waals surface area contributed by atoms with Gasteiger partial charge < -0.3 is 0 Å². The van der Waals surface area contributed by atoms with Gasteiger partial charge in [-0.2, -0.15) is 0 Å². The van der Waals surface area contributed by atoms with Crippen molar-refractivity contribution in [1.82, 2.24) is 20.0 Å². The van der Waals surface area contributed by atoms with Crippen LogP contribution in [0.2, 0.25) is 0 Å². The molecule has 0 amide bonds. The molecule has 8 heteroatoms. The second-order valence-electron chi connectivity index (χ2n) is 5.78. The zero-order valence-electron chi connectivity index (χ0n) is 14.3. The van der Waals surface area contributed by atoms with Crippen molar-refractivity contribution >= 4 is 45.3 Å². The lowest BCUT2D eigenvalue weighted by molar-refractivity contribution is 0.835. The first-order valence-electron chi connectivity index (χ1n) is 8.12. The lowest BCUT2D eigenvalue weighted by Gasteiger charge is -2.00. The molecule has 134 valence electrons. The summed E-state index contributed by atoms with van der Waals surface area (Å²) >= 11 is 3.61. The van der Waals surface area contributed by atoms with Gasteiger partial charge >= 0.3 is 0 Å². The number of nitrogens with zero attached hydrogens (tertiary/aromatic N) is 4. The van der Waals surface area contributed by atoms with Crippen LogP contribution in [0.15, 0.2) is 64.4 Å². The van der Waals surface area contributed by atoms with E-state index in [4.69, 9.17) is 0 Å². The number of hydrogen-bond acceptors (Lipinski definition) is 5. The number of benzene rings is 2. The van der Waals surface area contributed by atoms with E-state index < -0.39 is 0 Å². The molecular weight excluding hydrogens is 473 g/mol. The number of aromatic nitrogens is 4. The molecule has 27 heavy (non-hydrogen) atoms. The third-order valence-electron chi connectivity index (χ3n) is 3.94. The lowest BCUT2D eigenvalue weighted by Crippen LogP contribution is -2.17. The summed E-state index contributed by atoms with van der Waals surface area (Å²) in [6.07, 6.45) is 1.55. The van der Waals surface area contributed by atoms with Gasteiger partial charge in [-0.15, -0.1) is 10.2 Å². The predicted molar refractivity (Wildman–Crippen MR) is 116 cm³/mol. The predicted octanol–water partition coefficient (Wildman–Crippen LogP) is 4.35. The molecule has 0 spiro atoms. The summed E-state index contributed by atoms with van der Waals surface area (Å²) in [7, 11) is 0. The Morgan fingerprint density at radius 2 is 1.85 bits per heavy atom. The van der Waals surface area contributed by atoms with E-state index in [1.54, 1.807) is 6.21 Å². The molecule has 2 aromatic carbocycles. The van der Waals surface area contributed by atoms with Crippen molar-refractivity contribution in [1.29, 1.82) is 0 Å². The molecule has 6 nitrogen and oxygen atoms in total. The van der Waals surface area contributed by atoms with E-state index in [2.05, 4.69) is 42.9 Å². The van der Waals surface area contributed by atoms with E-state index in [-0.39, 0.29) is 5.56 Å². The Morgan fingerprint density at radius 3 is 2.59 bits per heavy atom. The van der Waals surface area contributed by atoms with Gasteiger partial charge in [0.2, 0.25) is 5.13 Å². The molecule has 0 fully saturated rings. The van der Waals surface area contributed by atoms with E-state index >= 15 is 0 Å². The standard InChI is InChI=1S/C19H14IN5OS/c1-12-16(18(26)25(24-12)15-9-7-14(20)8-10-15)11-21-19-23-22-17(27-19)13-5-3-2-4-6-13/h2-11,24H,1H3. The van der Waals surface area contributed by atoms with Gasteiger partial charge in [0, 0.05) is 21.0 Å². The van der Waals surface area contributed by atoms with Crippen LogP contribution in [-0.2, 0) is 0 Å². The first-order valence-corrected chi connectivity index (χ1v) is 10.0. The van der Waals surface area contributed by atoms with Crippen molar-refractivity contribution < 1.29 is 0 Å². The summed E-state index contributed by atoms with van der Waals surface area (Å²) in [5.41, 5.74) is 2.88. The highest BCUT2D eigenvalue weighted by atomic mass is 127. The van der Waals surface area contributed by atoms with Gasteiger partial charge in [0.05, 0.1) is 11.3 Å². The van der Waals surface area contributed by atoms with E-state index in [1.807, 2.05) is 61.5 Å². The molecular formula is C19H14IN5OS. The fourth-order valence-electron chi connectivity index (χ4n) is 2.57. The normalized spacial score (nSPS) is 11.3. The van der Waals surface area contributed by atoms with Crippen LogP contribution in [0.4, 0.5) is 5.13 Å². The van der Waals surface area contributed by atoms with E-state index in [9.17, 15) is 4.79 Å². The van der Waals surface area contributed by atoms with E-state index in [0.717, 1.165) is 25.5 Å². The van der Waals surface area contributed by atoms with Gasteiger partial charge in [0.25, 0.3) is 5.56 Å². The SMILES string of the molecule is Cc1[nH]n(-c2ccc(I)cc2)c(=O)c1C=Nc1nnc(-c2ccccc2)s1. The van der Waals surface area contributed by atoms with Crippen LogP contribution in [0.3, 0.4) is 0 Å². The van der Waals surface area contributed by atoms with E-state index in [1.165, 1.54) is 16.0 Å². The van der Waals surface area contributed by atoms with Crippen molar-refractivity contribution in [3.05, 3.63) is 79.8 Å². The monoisotopic (exact) mass is 487 g/mol. The minimum absolute atomic E-state index is 0.148. The molecule has 0 aliphatic heterocycles. The molecule has 2 heterocycles. The third kappa shape index (κ3) is 3.76. The van der Waals surface area contributed by atoms with Crippen LogP contribution < -0.4 is 5.56 Å². The summed E-state index contributed by atoms with van der Waals surface area (Å²) in [4.78, 5) is 17.1. The number of hydrogen-bond donors (Lipinski definition) is 1. The molecule has 0 aliphatic rings. The molecule has 2 aromatic heterocycles. The Kier molecular flexibility index (Phi) is 4.99. The zero-order valence-corrected chi connectivity index (χ0v) is 17.2. The van der Waals surface area contributed by atoms with Crippen molar-refractivity contribution in [2.24, 2.45) is 4.99 Å².